The van der Waals surface area contributed by atoms with Crippen molar-refractivity contribution >= 4 is 16.0 Å². The summed E-state index contributed by atoms with van der Waals surface area (Å²) in [6.07, 6.45) is 6.56. The number of aromatic nitrogens is 2. The van der Waals surface area contributed by atoms with Gasteiger partial charge in [0, 0.05) is 64.6 Å². The molecule has 2 aromatic carbocycles. The van der Waals surface area contributed by atoms with Crippen LogP contribution in [0.3, 0.4) is 0 Å². The normalized spacial score (nSPS) is 17.5. The van der Waals surface area contributed by atoms with Crippen molar-refractivity contribution in [1.29, 1.82) is 0 Å². The Bertz CT molecular complexity index is 1500. The van der Waals surface area contributed by atoms with Crippen LogP contribution in [0.15, 0.2) is 59.6 Å². The Morgan fingerprint density at radius 3 is 2.24 bits per heavy atom. The van der Waals surface area contributed by atoms with Gasteiger partial charge in [-0.15, -0.1) is 0 Å². The van der Waals surface area contributed by atoms with Crippen molar-refractivity contribution in [1.82, 2.24) is 24.1 Å². The number of hydrogen-bond acceptors (Lipinski definition) is 9. The molecule has 11 heteroatoms. The third-order valence-electron chi connectivity index (χ3n) is 9.41. The number of rotatable bonds is 13. The van der Waals surface area contributed by atoms with Crippen LogP contribution in [0.4, 0.5) is 5.95 Å². The molecular weight excluding hydrogens is 588 g/mol. The van der Waals surface area contributed by atoms with E-state index in [-0.39, 0.29) is 18.7 Å². The van der Waals surface area contributed by atoms with Crippen molar-refractivity contribution in [3.05, 3.63) is 71.4 Å². The maximum absolute atomic E-state index is 13.3. The van der Waals surface area contributed by atoms with Crippen LogP contribution in [0.1, 0.15) is 42.4 Å². The fraction of sp³-hybridized carbons (Fsp3) is 0.529. The first-order valence-corrected chi connectivity index (χ1v) is 17.4. The van der Waals surface area contributed by atoms with Crippen LogP contribution < -0.4 is 14.4 Å². The highest BCUT2D eigenvalue weighted by atomic mass is 32.2. The first kappa shape index (κ1) is 33.1. The highest BCUT2D eigenvalue weighted by Gasteiger charge is 2.42. The highest BCUT2D eigenvalue weighted by Crippen LogP contribution is 2.40. The molecule has 2 aliphatic heterocycles. The van der Waals surface area contributed by atoms with Crippen molar-refractivity contribution in [2.75, 3.05) is 78.5 Å². The molecule has 10 nitrogen and oxygen atoms in total. The fourth-order valence-electron chi connectivity index (χ4n) is 6.81. The van der Waals surface area contributed by atoms with E-state index in [1.165, 1.54) is 35.8 Å². The molecule has 2 fully saturated rings. The topological polar surface area (TPSA) is 91.3 Å². The second-order valence-electron chi connectivity index (χ2n) is 12.3. The van der Waals surface area contributed by atoms with Gasteiger partial charge < -0.3 is 19.3 Å². The third-order valence-corrected chi connectivity index (χ3v) is 11.6. The Labute approximate surface area is 269 Å². The maximum Gasteiger partial charge on any atom is 0.243 e. The zero-order chi connectivity index (χ0) is 32.0. The molecule has 0 saturated carbocycles. The summed E-state index contributed by atoms with van der Waals surface area (Å²) in [7, 11) is 1.44. The molecule has 0 spiro atoms. The average Bonchev–Trinajstić information content (AvgIpc) is 3.60. The average molecular weight is 637 g/mol. The number of anilines is 1. The number of benzene rings is 2. The summed E-state index contributed by atoms with van der Waals surface area (Å²) < 4.78 is 39.1. The molecule has 0 bridgehead atoms. The first-order chi connectivity index (χ1) is 21.6. The molecule has 0 atom stereocenters. The standard InChI is InChI=1S/C34H48N6O4S/c1-27-25-30(43-5)26-28(2)32(27)45(41,42)38(4)23-24-44-31-13-16-35-33(36-31)37(3)21-22-39-19-14-34(15-20-39,40-17-9-10-18-40)29-11-7-6-8-12-29/h6-8,11-13,16,25-26H,9-10,14-15,17-24H2,1-5H3. The lowest BCUT2D eigenvalue weighted by Gasteiger charge is -2.48. The largest absolute Gasteiger partial charge is 0.497 e. The maximum atomic E-state index is 13.3. The zero-order valence-corrected chi connectivity index (χ0v) is 28.2. The minimum Gasteiger partial charge on any atom is -0.497 e. The molecule has 0 aliphatic carbocycles. The van der Waals surface area contributed by atoms with Crippen LogP contribution in [0, 0.1) is 13.8 Å². The molecular formula is C34H48N6O4S. The molecule has 5 rings (SSSR count). The van der Waals surface area contributed by atoms with Crippen LogP contribution in [0.2, 0.25) is 0 Å². The molecule has 2 aliphatic rings. The summed E-state index contributed by atoms with van der Waals surface area (Å²) in [6, 6.07) is 16.3. The lowest BCUT2D eigenvalue weighted by Crippen LogP contribution is -2.53. The SMILES string of the molecule is COc1cc(C)c(S(=O)(=O)N(C)CCOc2ccnc(N(C)CCN3CCC(c4ccccc4)(N4CCCC4)CC3)n2)c(C)c1. The number of hydrogen-bond donors (Lipinski definition) is 0. The predicted octanol–water partition coefficient (Wildman–Crippen LogP) is 4.32. The molecule has 1 aromatic heterocycles. The molecule has 0 N–H and O–H groups in total. The second kappa shape index (κ2) is 14.5. The molecule has 0 amide bonds. The van der Waals surface area contributed by atoms with Gasteiger partial charge in [-0.3, -0.25) is 4.90 Å². The molecule has 2 saturated heterocycles. The van der Waals surface area contributed by atoms with Gasteiger partial charge in [0.05, 0.1) is 12.0 Å². The highest BCUT2D eigenvalue weighted by molar-refractivity contribution is 7.89. The van der Waals surface area contributed by atoms with E-state index in [1.54, 1.807) is 52.4 Å². The lowest BCUT2D eigenvalue weighted by atomic mass is 9.79. The summed E-state index contributed by atoms with van der Waals surface area (Å²) in [5.74, 6) is 1.65. The molecule has 3 aromatic rings. The number of likely N-dealkylation sites (N-methyl/N-ethyl adjacent to an activating group) is 2. The van der Waals surface area contributed by atoms with Crippen LogP contribution in [-0.2, 0) is 15.6 Å². The number of nitrogens with zero attached hydrogens (tertiary/aromatic N) is 6. The van der Waals surface area contributed by atoms with Gasteiger partial charge in [-0.1, -0.05) is 30.3 Å². The summed E-state index contributed by atoms with van der Waals surface area (Å²) in [5, 5.41) is 0. The minimum atomic E-state index is -3.70. The number of piperidine rings is 1. The molecule has 3 heterocycles. The van der Waals surface area contributed by atoms with Crippen LogP contribution >= 0.6 is 0 Å². The summed E-state index contributed by atoms with van der Waals surface area (Å²) in [5.41, 5.74) is 2.91. The van der Waals surface area contributed by atoms with Gasteiger partial charge in [-0.25, -0.2) is 13.4 Å². The quantitative estimate of drug-likeness (QED) is 0.272. The Kier molecular flexibility index (Phi) is 10.6. The van der Waals surface area contributed by atoms with Gasteiger partial charge in [-0.05, 0) is 81.4 Å². The van der Waals surface area contributed by atoms with E-state index in [0.717, 1.165) is 39.0 Å². The van der Waals surface area contributed by atoms with E-state index in [9.17, 15) is 8.42 Å². The Morgan fingerprint density at radius 1 is 0.933 bits per heavy atom. The van der Waals surface area contributed by atoms with E-state index in [4.69, 9.17) is 9.47 Å². The van der Waals surface area contributed by atoms with Crippen molar-refractivity contribution < 1.29 is 17.9 Å². The van der Waals surface area contributed by atoms with E-state index in [0.29, 0.717) is 33.6 Å². The molecule has 244 valence electrons. The molecule has 0 radical (unpaired) electrons. The number of aryl methyl sites for hydroxylation is 2. The Morgan fingerprint density at radius 2 is 1.60 bits per heavy atom. The number of ether oxygens (including phenoxy) is 2. The predicted molar refractivity (Wildman–Crippen MR) is 178 cm³/mol. The van der Waals surface area contributed by atoms with Gasteiger partial charge in [-0.2, -0.15) is 9.29 Å². The van der Waals surface area contributed by atoms with Crippen molar-refractivity contribution in [2.45, 2.75) is 50.0 Å². The van der Waals surface area contributed by atoms with Gasteiger partial charge in [0.2, 0.25) is 21.9 Å². The second-order valence-corrected chi connectivity index (χ2v) is 14.3. The van der Waals surface area contributed by atoms with Crippen LogP contribution in [0.5, 0.6) is 11.6 Å². The third kappa shape index (κ3) is 7.43. The van der Waals surface area contributed by atoms with Gasteiger partial charge >= 0.3 is 0 Å². The monoisotopic (exact) mass is 636 g/mol. The lowest BCUT2D eigenvalue weighted by molar-refractivity contribution is 0.0351. The van der Waals surface area contributed by atoms with Crippen molar-refractivity contribution in [3.63, 3.8) is 0 Å². The summed E-state index contributed by atoms with van der Waals surface area (Å²) in [6.45, 7) is 10.2. The minimum absolute atomic E-state index is 0.147. The van der Waals surface area contributed by atoms with Crippen LogP contribution in [0.25, 0.3) is 0 Å². The van der Waals surface area contributed by atoms with E-state index < -0.39 is 10.0 Å². The Balaban J connectivity index is 1.12. The molecule has 45 heavy (non-hydrogen) atoms. The zero-order valence-electron chi connectivity index (χ0n) is 27.4. The Hall–Kier alpha value is -3.25. The first-order valence-electron chi connectivity index (χ1n) is 16.0. The fourth-order valence-corrected chi connectivity index (χ4v) is 8.36. The number of methoxy groups -OCH3 is 1. The number of likely N-dealkylation sites (tertiary alicyclic amines) is 2. The van der Waals surface area contributed by atoms with E-state index >= 15 is 0 Å². The molecule has 0 unspecified atom stereocenters. The van der Waals surface area contributed by atoms with Gasteiger partial charge in [0.15, 0.2) is 0 Å². The smallest absolute Gasteiger partial charge is 0.243 e. The summed E-state index contributed by atoms with van der Waals surface area (Å²) in [4.78, 5) is 16.7. The van der Waals surface area contributed by atoms with Crippen molar-refractivity contribution in [3.8, 4) is 11.6 Å². The van der Waals surface area contributed by atoms with Crippen LogP contribution in [-0.4, -0.2) is 106 Å². The van der Waals surface area contributed by atoms with E-state index in [1.807, 2.05) is 7.05 Å². The van der Waals surface area contributed by atoms with Gasteiger partial charge in [0.1, 0.15) is 12.4 Å². The summed E-state index contributed by atoms with van der Waals surface area (Å²) >= 11 is 0. The van der Waals surface area contributed by atoms with E-state index in [2.05, 4.69) is 55.0 Å². The van der Waals surface area contributed by atoms with Crippen molar-refractivity contribution in [2.24, 2.45) is 0 Å². The van der Waals surface area contributed by atoms with Gasteiger partial charge in [0.25, 0.3) is 0 Å². The number of sulfonamides is 1.